The maximum Gasteiger partial charge on any atom is 0.231 e. The normalized spacial score (nSPS) is 43.2. The molecule has 0 bridgehead atoms. The number of hydrogen-bond donors (Lipinski definition) is 2. The van der Waals surface area contributed by atoms with E-state index in [4.69, 9.17) is 4.74 Å². The Morgan fingerprint density at radius 3 is 2.51 bits per heavy atom. The number of aromatic nitrogens is 1. The molecule has 1 aromatic heterocycles. The van der Waals surface area contributed by atoms with Gasteiger partial charge in [0, 0.05) is 17.0 Å². The number of hydrogen-bond acceptors (Lipinski definition) is 6. The van der Waals surface area contributed by atoms with Crippen LogP contribution in [-0.4, -0.2) is 45.9 Å². The van der Waals surface area contributed by atoms with Gasteiger partial charge in [-0.15, -0.1) is 0 Å². The molecule has 0 aliphatic heterocycles. The lowest BCUT2D eigenvalue weighted by Crippen LogP contribution is -2.63. The van der Waals surface area contributed by atoms with E-state index < -0.39 is 5.60 Å². The Hall–Kier alpha value is -1.81. The van der Waals surface area contributed by atoms with Crippen LogP contribution in [0.15, 0.2) is 41.6 Å². The Bertz CT molecular complexity index is 1600. The number of nitrogens with zero attached hydrogens (tertiary/aromatic N) is 2. The SMILES string of the molecule is CSC1CCC(O)(CCNC23CCC[C@@H]2C2CCC4C(C)(CCC5C(C)(C)C(C6=CCC(COc7ncccc7C#N)CC6)=CCC54C)C2CC3)CC1. The van der Waals surface area contributed by atoms with Gasteiger partial charge in [-0.25, -0.2) is 4.98 Å². The van der Waals surface area contributed by atoms with Crippen molar-refractivity contribution in [2.45, 2.75) is 160 Å². The number of allylic oxidation sites excluding steroid dienone is 4. The summed E-state index contributed by atoms with van der Waals surface area (Å²) in [5.41, 5.74) is 4.64. The van der Waals surface area contributed by atoms with Gasteiger partial charge in [0.2, 0.25) is 5.88 Å². The second-order valence-electron chi connectivity index (χ2n) is 20.2. The van der Waals surface area contributed by atoms with E-state index in [2.05, 4.69) is 62.5 Å². The highest BCUT2D eigenvalue weighted by Gasteiger charge is 2.65. The lowest BCUT2D eigenvalue weighted by molar-refractivity contribution is -0.175. The molecule has 5 fully saturated rings. The molecule has 0 saturated heterocycles. The Kier molecular flexibility index (Phi) is 10.5. The third kappa shape index (κ3) is 6.67. The number of nitriles is 1. The number of thioether (sulfide) groups is 1. The van der Waals surface area contributed by atoms with Gasteiger partial charge in [-0.05, 0) is 197 Å². The molecule has 5 nitrogen and oxygen atoms in total. The molecule has 0 spiro atoms. The molecule has 8 rings (SSSR count). The highest BCUT2D eigenvalue weighted by molar-refractivity contribution is 7.99. The van der Waals surface area contributed by atoms with Gasteiger partial charge in [0.25, 0.3) is 0 Å². The topological polar surface area (TPSA) is 78.2 Å². The third-order valence-corrected chi connectivity index (χ3v) is 18.7. The first kappa shape index (κ1) is 38.1. The van der Waals surface area contributed by atoms with Crippen LogP contribution in [0.1, 0.15) is 149 Å². The molecular formula is C47H69N3O2S. The molecule has 0 amide bonds. The molecule has 9 atom stereocenters. The first-order valence-corrected chi connectivity index (χ1v) is 23.1. The minimum absolute atomic E-state index is 0.186. The van der Waals surface area contributed by atoms with Crippen molar-refractivity contribution in [2.24, 2.45) is 51.8 Å². The predicted octanol–water partition coefficient (Wildman–Crippen LogP) is 10.8. The van der Waals surface area contributed by atoms with Gasteiger partial charge >= 0.3 is 0 Å². The van der Waals surface area contributed by atoms with Crippen LogP contribution in [0.3, 0.4) is 0 Å². The summed E-state index contributed by atoms with van der Waals surface area (Å²) in [7, 11) is 0. The molecule has 6 heteroatoms. The molecule has 1 aromatic rings. The van der Waals surface area contributed by atoms with Crippen molar-refractivity contribution < 1.29 is 9.84 Å². The highest BCUT2D eigenvalue weighted by Crippen LogP contribution is 2.72. The van der Waals surface area contributed by atoms with Gasteiger partial charge in [-0.1, -0.05) is 46.3 Å². The maximum atomic E-state index is 11.5. The fraction of sp³-hybridized carbons (Fsp3) is 0.787. The molecule has 290 valence electrons. The van der Waals surface area contributed by atoms with Crippen LogP contribution in [0.25, 0.3) is 0 Å². The van der Waals surface area contributed by atoms with Crippen LogP contribution in [0.4, 0.5) is 0 Å². The third-order valence-electron chi connectivity index (χ3n) is 17.6. The Balaban J connectivity index is 0.926. The summed E-state index contributed by atoms with van der Waals surface area (Å²) in [4.78, 5) is 4.31. The average Bonchev–Trinajstić information content (AvgIpc) is 3.59. The zero-order valence-corrected chi connectivity index (χ0v) is 34.5. The number of ether oxygens (including phenoxy) is 1. The quantitative estimate of drug-likeness (QED) is 0.263. The number of fused-ring (bicyclic) bond motifs is 7. The fourth-order valence-corrected chi connectivity index (χ4v) is 15.6. The lowest BCUT2D eigenvalue weighted by atomic mass is 9.37. The zero-order chi connectivity index (χ0) is 37.1. The smallest absolute Gasteiger partial charge is 0.231 e. The van der Waals surface area contributed by atoms with Crippen molar-refractivity contribution in [1.29, 1.82) is 5.26 Å². The van der Waals surface area contributed by atoms with Crippen molar-refractivity contribution in [2.75, 3.05) is 19.4 Å². The van der Waals surface area contributed by atoms with Crippen LogP contribution >= 0.6 is 11.8 Å². The molecule has 5 saturated carbocycles. The van der Waals surface area contributed by atoms with E-state index in [0.717, 1.165) is 79.9 Å². The first-order chi connectivity index (χ1) is 25.4. The van der Waals surface area contributed by atoms with Crippen molar-refractivity contribution in [3.8, 4) is 11.9 Å². The largest absolute Gasteiger partial charge is 0.476 e. The van der Waals surface area contributed by atoms with Gasteiger partial charge < -0.3 is 15.2 Å². The van der Waals surface area contributed by atoms with E-state index in [1.54, 1.807) is 29.5 Å². The maximum absolute atomic E-state index is 11.5. The van der Waals surface area contributed by atoms with Crippen LogP contribution in [0.5, 0.6) is 5.88 Å². The second-order valence-corrected chi connectivity index (χ2v) is 21.4. The van der Waals surface area contributed by atoms with E-state index in [1.807, 2.05) is 11.8 Å². The van der Waals surface area contributed by atoms with E-state index in [9.17, 15) is 10.4 Å². The standard InChI is InChI=1S/C47H69N3O2S/c1-43(2)37(33-12-10-32(11-13-33)31-52-42-34(30-48)8-7-28-49-42)18-22-45(4)40(43)20-23-44(3)38-19-26-47(21-6-9-39(47)36(38)14-15-41(44)45)50-29-27-46(51)24-16-35(53-5)17-25-46/h7-8,12,18,28,32,35-36,38-41,50-51H,6,9-11,13-17,19-27,29,31H2,1-5H3/t32?,35?,36?,38?,39-,40?,41?,44?,45?,46?,47?/m1/s1. The minimum atomic E-state index is -0.446. The zero-order valence-electron chi connectivity index (χ0n) is 33.7. The second kappa shape index (κ2) is 14.6. The van der Waals surface area contributed by atoms with E-state index in [0.29, 0.717) is 40.3 Å². The summed E-state index contributed by atoms with van der Waals surface area (Å²) in [5, 5.41) is 25.9. The van der Waals surface area contributed by atoms with Crippen LogP contribution < -0.4 is 10.1 Å². The molecule has 7 aliphatic carbocycles. The van der Waals surface area contributed by atoms with Crippen LogP contribution in [0, 0.1) is 63.1 Å². The summed E-state index contributed by atoms with van der Waals surface area (Å²) in [5.74, 6) is 5.05. The Morgan fingerprint density at radius 2 is 1.75 bits per heavy atom. The highest BCUT2D eigenvalue weighted by atomic mass is 32.2. The molecular weight excluding hydrogens is 671 g/mol. The fourth-order valence-electron chi connectivity index (χ4n) is 14.9. The van der Waals surface area contributed by atoms with Gasteiger partial charge in [0.15, 0.2) is 0 Å². The first-order valence-electron chi connectivity index (χ1n) is 21.8. The van der Waals surface area contributed by atoms with Gasteiger partial charge in [0.05, 0.1) is 12.2 Å². The number of rotatable bonds is 9. The molecule has 1 heterocycles. The van der Waals surface area contributed by atoms with E-state index in [1.165, 1.54) is 77.0 Å². The lowest BCUT2D eigenvalue weighted by Gasteiger charge is -2.68. The van der Waals surface area contributed by atoms with Crippen molar-refractivity contribution >= 4 is 11.8 Å². The molecule has 2 N–H and O–H groups in total. The van der Waals surface area contributed by atoms with Gasteiger partial charge in [0.1, 0.15) is 11.6 Å². The van der Waals surface area contributed by atoms with Crippen LogP contribution in [0.2, 0.25) is 0 Å². The monoisotopic (exact) mass is 740 g/mol. The summed E-state index contributed by atoms with van der Waals surface area (Å²) in [6.07, 6.45) is 31.5. The van der Waals surface area contributed by atoms with E-state index >= 15 is 0 Å². The summed E-state index contributed by atoms with van der Waals surface area (Å²) in [6.45, 7) is 12.3. The van der Waals surface area contributed by atoms with Gasteiger partial charge in [-0.3, -0.25) is 0 Å². The number of aliphatic hydroxyl groups is 1. The Labute approximate surface area is 326 Å². The number of nitrogens with one attached hydrogen (secondary N) is 1. The van der Waals surface area contributed by atoms with Crippen molar-refractivity contribution in [1.82, 2.24) is 10.3 Å². The Morgan fingerprint density at radius 1 is 0.925 bits per heavy atom. The van der Waals surface area contributed by atoms with Gasteiger partial charge in [-0.2, -0.15) is 17.0 Å². The molecule has 53 heavy (non-hydrogen) atoms. The average molecular weight is 740 g/mol. The molecule has 0 aromatic carbocycles. The predicted molar refractivity (Wildman–Crippen MR) is 218 cm³/mol. The number of pyridine rings is 1. The summed E-state index contributed by atoms with van der Waals surface area (Å²) >= 11 is 1.99. The van der Waals surface area contributed by atoms with Crippen LogP contribution in [-0.2, 0) is 0 Å². The minimum Gasteiger partial charge on any atom is -0.476 e. The molecule has 8 unspecified atom stereocenters. The van der Waals surface area contributed by atoms with Crippen molar-refractivity contribution in [3.05, 3.63) is 47.2 Å². The molecule has 7 aliphatic rings. The molecule has 0 radical (unpaired) electrons. The van der Waals surface area contributed by atoms with E-state index in [-0.39, 0.29) is 5.41 Å². The summed E-state index contributed by atoms with van der Waals surface area (Å²) in [6, 6.07) is 5.79. The van der Waals surface area contributed by atoms with Crippen molar-refractivity contribution in [3.63, 3.8) is 0 Å². The summed E-state index contributed by atoms with van der Waals surface area (Å²) < 4.78 is 6.06.